The SMILES string of the molecule is O=C(O)Nc1ccc(-c2ccccc2)cc1.O=C1C=C(N2CC2)C(=O)C(N2CC2)=C1N1CC1. The van der Waals surface area contributed by atoms with Crippen LogP contribution in [0.5, 0.6) is 0 Å². The maximum atomic E-state index is 12.4. The van der Waals surface area contributed by atoms with Gasteiger partial charge in [0.05, 0.1) is 5.70 Å². The lowest BCUT2D eigenvalue weighted by Crippen LogP contribution is -2.29. The van der Waals surface area contributed by atoms with Crippen molar-refractivity contribution < 1.29 is 19.5 Å². The molecule has 3 heterocycles. The second-order valence-corrected chi connectivity index (χ2v) is 8.25. The number of amides is 1. The van der Waals surface area contributed by atoms with E-state index in [9.17, 15) is 14.4 Å². The van der Waals surface area contributed by atoms with E-state index in [0.717, 1.165) is 50.4 Å². The van der Waals surface area contributed by atoms with Gasteiger partial charge in [0.25, 0.3) is 0 Å². The lowest BCUT2D eigenvalue weighted by molar-refractivity contribution is -0.117. The van der Waals surface area contributed by atoms with Crippen LogP contribution in [0.25, 0.3) is 11.1 Å². The van der Waals surface area contributed by atoms with Crippen molar-refractivity contribution in [1.82, 2.24) is 14.7 Å². The monoisotopic (exact) mass is 444 g/mol. The molecule has 8 heteroatoms. The molecular weight excluding hydrogens is 420 g/mol. The molecule has 1 amide bonds. The van der Waals surface area contributed by atoms with Crippen molar-refractivity contribution in [3.05, 3.63) is 77.8 Å². The summed E-state index contributed by atoms with van der Waals surface area (Å²) in [5, 5.41) is 10.8. The summed E-state index contributed by atoms with van der Waals surface area (Å²) in [5.74, 6) is 0.0485. The van der Waals surface area contributed by atoms with E-state index in [1.807, 2.05) is 57.2 Å². The molecule has 1 aliphatic carbocycles. The predicted octanol–water partition coefficient (Wildman–Crippen LogP) is 2.62. The summed E-state index contributed by atoms with van der Waals surface area (Å²) >= 11 is 0. The zero-order chi connectivity index (χ0) is 22.9. The standard InChI is InChI=1S/C13H11NO2.C12H13N3O2/c15-13(16)14-12-8-6-11(7-9-12)10-4-2-1-3-5-10;16-9-7-8(13-1-2-13)12(17)11(15-5-6-15)10(9)14-3-4-14/h1-9,14H,(H,15,16);7H,1-6H2. The molecule has 2 aromatic carbocycles. The average Bonchev–Trinajstić information content (AvgIpc) is 3.64. The molecule has 8 nitrogen and oxygen atoms in total. The normalized spacial score (nSPS) is 18.4. The van der Waals surface area contributed by atoms with Crippen LogP contribution in [-0.2, 0) is 9.59 Å². The zero-order valence-corrected chi connectivity index (χ0v) is 18.0. The van der Waals surface area contributed by atoms with Crippen LogP contribution in [0.3, 0.4) is 0 Å². The van der Waals surface area contributed by atoms with Crippen molar-refractivity contribution in [2.45, 2.75) is 0 Å². The van der Waals surface area contributed by atoms with Gasteiger partial charge in [0.1, 0.15) is 11.4 Å². The molecule has 0 radical (unpaired) electrons. The number of benzene rings is 2. The smallest absolute Gasteiger partial charge is 0.409 e. The zero-order valence-electron chi connectivity index (χ0n) is 18.0. The number of allylic oxidation sites excluding steroid dienone is 1. The van der Waals surface area contributed by atoms with E-state index in [1.54, 1.807) is 12.1 Å². The largest absolute Gasteiger partial charge is 0.465 e. The van der Waals surface area contributed by atoms with Crippen LogP contribution in [0.1, 0.15) is 0 Å². The molecule has 3 fully saturated rings. The number of hydrogen-bond donors (Lipinski definition) is 2. The van der Waals surface area contributed by atoms with Crippen molar-refractivity contribution in [3.63, 3.8) is 0 Å². The number of ketones is 2. The van der Waals surface area contributed by atoms with Gasteiger partial charge in [-0.15, -0.1) is 0 Å². The van der Waals surface area contributed by atoms with Gasteiger partial charge in [-0.05, 0) is 23.3 Å². The van der Waals surface area contributed by atoms with Crippen LogP contribution in [0.15, 0.2) is 77.8 Å². The van der Waals surface area contributed by atoms with E-state index in [0.29, 0.717) is 22.8 Å². The number of hydrogen-bond acceptors (Lipinski definition) is 6. The molecule has 0 unspecified atom stereocenters. The molecule has 4 aliphatic rings. The van der Waals surface area contributed by atoms with Gasteiger partial charge in [-0.2, -0.15) is 0 Å². The Kier molecular flexibility index (Phi) is 5.34. The molecule has 2 aromatic rings. The Hall–Kier alpha value is -4.07. The average molecular weight is 444 g/mol. The number of anilines is 1. The predicted molar refractivity (Wildman–Crippen MR) is 123 cm³/mol. The van der Waals surface area contributed by atoms with Crippen LogP contribution < -0.4 is 5.32 Å². The van der Waals surface area contributed by atoms with Crippen molar-refractivity contribution in [2.75, 3.05) is 44.6 Å². The Morgan fingerprint density at radius 1 is 0.727 bits per heavy atom. The highest BCUT2D eigenvalue weighted by atomic mass is 16.4. The number of carboxylic acid groups (broad SMARTS) is 1. The van der Waals surface area contributed by atoms with Crippen LogP contribution in [0.2, 0.25) is 0 Å². The molecule has 3 saturated heterocycles. The van der Waals surface area contributed by atoms with Crippen molar-refractivity contribution in [3.8, 4) is 11.1 Å². The highest BCUT2D eigenvalue weighted by Gasteiger charge is 2.43. The third kappa shape index (κ3) is 4.74. The quantitative estimate of drug-likeness (QED) is 0.541. The maximum absolute atomic E-state index is 12.4. The van der Waals surface area contributed by atoms with Crippen LogP contribution in [0, 0.1) is 0 Å². The minimum atomic E-state index is -1.05. The third-order valence-corrected chi connectivity index (χ3v) is 5.73. The summed E-state index contributed by atoms with van der Waals surface area (Å²) in [6.07, 6.45) is 0.475. The van der Waals surface area contributed by atoms with Crippen molar-refractivity contribution in [2.24, 2.45) is 0 Å². The number of Topliss-reactive ketones (excluding diaryl/α,β-unsaturated/α-hetero) is 1. The molecule has 0 atom stereocenters. The summed E-state index contributed by atoms with van der Waals surface area (Å²) < 4.78 is 0. The number of nitrogens with zero attached hydrogens (tertiary/aromatic N) is 3. The van der Waals surface area contributed by atoms with E-state index in [1.165, 1.54) is 6.08 Å². The van der Waals surface area contributed by atoms with Gasteiger partial charge in [0.2, 0.25) is 11.6 Å². The molecule has 33 heavy (non-hydrogen) atoms. The molecular formula is C25H24N4O4. The van der Waals surface area contributed by atoms with Gasteiger partial charge >= 0.3 is 6.09 Å². The second-order valence-electron chi connectivity index (χ2n) is 8.25. The molecule has 6 rings (SSSR count). The van der Waals surface area contributed by atoms with Crippen molar-refractivity contribution >= 4 is 23.3 Å². The van der Waals surface area contributed by atoms with E-state index >= 15 is 0 Å². The van der Waals surface area contributed by atoms with E-state index in [-0.39, 0.29) is 11.6 Å². The highest BCUT2D eigenvalue weighted by molar-refractivity contribution is 6.22. The minimum Gasteiger partial charge on any atom is -0.465 e. The maximum Gasteiger partial charge on any atom is 0.409 e. The summed E-state index contributed by atoms with van der Waals surface area (Å²) in [6.45, 7) is 5.41. The van der Waals surface area contributed by atoms with E-state index < -0.39 is 6.09 Å². The molecule has 168 valence electrons. The Morgan fingerprint density at radius 3 is 1.82 bits per heavy atom. The summed E-state index contributed by atoms with van der Waals surface area (Å²) in [7, 11) is 0. The van der Waals surface area contributed by atoms with Crippen molar-refractivity contribution in [1.29, 1.82) is 0 Å². The summed E-state index contributed by atoms with van der Waals surface area (Å²) in [4.78, 5) is 40.9. The fraction of sp³-hybridized carbons (Fsp3) is 0.240. The Bertz CT molecular complexity index is 1160. The molecule has 0 bridgehead atoms. The lowest BCUT2D eigenvalue weighted by atomic mass is 10.0. The topological polar surface area (TPSA) is 92.5 Å². The van der Waals surface area contributed by atoms with E-state index in [4.69, 9.17) is 5.11 Å². The number of carbonyl (C=O) groups is 3. The Balaban J connectivity index is 0.000000139. The fourth-order valence-electron chi connectivity index (χ4n) is 3.78. The van der Waals surface area contributed by atoms with Gasteiger partial charge in [0.15, 0.2) is 0 Å². The van der Waals surface area contributed by atoms with Gasteiger partial charge in [-0.25, -0.2) is 4.79 Å². The van der Waals surface area contributed by atoms with Crippen LogP contribution >= 0.6 is 0 Å². The van der Waals surface area contributed by atoms with Crippen LogP contribution in [-0.4, -0.2) is 76.7 Å². The first-order valence-electron chi connectivity index (χ1n) is 11.0. The first-order valence-corrected chi connectivity index (χ1v) is 11.0. The molecule has 2 N–H and O–H groups in total. The van der Waals surface area contributed by atoms with Gasteiger partial charge in [-0.1, -0.05) is 42.5 Å². The molecule has 0 saturated carbocycles. The van der Waals surface area contributed by atoms with Gasteiger partial charge < -0.3 is 19.8 Å². The lowest BCUT2D eigenvalue weighted by Gasteiger charge is -2.21. The summed E-state index contributed by atoms with van der Waals surface area (Å²) in [5.41, 5.74) is 4.64. The first-order chi connectivity index (χ1) is 16.0. The second kappa shape index (κ2) is 8.46. The molecule has 0 spiro atoms. The number of nitrogens with one attached hydrogen (secondary N) is 1. The fourth-order valence-corrected chi connectivity index (χ4v) is 3.78. The van der Waals surface area contributed by atoms with Gasteiger partial charge in [-0.3, -0.25) is 14.9 Å². The molecule has 3 aliphatic heterocycles. The Morgan fingerprint density at radius 2 is 1.27 bits per heavy atom. The van der Waals surface area contributed by atoms with Crippen LogP contribution in [0.4, 0.5) is 10.5 Å². The molecule has 0 aromatic heterocycles. The Labute approximate surface area is 191 Å². The van der Waals surface area contributed by atoms with Gasteiger partial charge in [0, 0.05) is 51.0 Å². The van der Waals surface area contributed by atoms with E-state index in [2.05, 4.69) is 5.32 Å². The summed E-state index contributed by atoms with van der Waals surface area (Å²) in [6, 6.07) is 17.2. The number of carbonyl (C=O) groups excluding carboxylic acids is 2. The first kappa shape index (κ1) is 20.8. The minimum absolute atomic E-state index is 0.00546. The third-order valence-electron chi connectivity index (χ3n) is 5.73. The number of rotatable bonds is 5. The highest BCUT2D eigenvalue weighted by Crippen LogP contribution is 2.34.